The van der Waals surface area contributed by atoms with Crippen LogP contribution in [-0.4, -0.2) is 27.2 Å². The second kappa shape index (κ2) is 12.8. The van der Waals surface area contributed by atoms with Gasteiger partial charge in [0.1, 0.15) is 5.69 Å². The van der Waals surface area contributed by atoms with Crippen molar-refractivity contribution in [1.82, 2.24) is 9.55 Å². The summed E-state index contributed by atoms with van der Waals surface area (Å²) in [4.78, 5) is 16.0. The second-order valence-electron chi connectivity index (χ2n) is 9.07. The lowest BCUT2D eigenvalue weighted by atomic mass is 10.0. The fraction of sp³-hybridized carbons (Fsp3) is 0.267. The van der Waals surface area contributed by atoms with Crippen LogP contribution in [0.5, 0.6) is 6.01 Å². The number of nitrogens with zero attached hydrogens (tertiary/aromatic N) is 2. The number of hydrogen-bond donors (Lipinski definition) is 1. The van der Waals surface area contributed by atoms with Crippen molar-refractivity contribution in [2.75, 3.05) is 6.61 Å². The number of aliphatic carboxylic acids is 1. The third-order valence-corrected chi connectivity index (χ3v) is 6.78. The molecule has 0 amide bonds. The van der Waals surface area contributed by atoms with E-state index in [9.17, 15) is 4.79 Å². The minimum atomic E-state index is -0.732. The van der Waals surface area contributed by atoms with Gasteiger partial charge in [0.05, 0.1) is 23.9 Å². The van der Waals surface area contributed by atoms with E-state index in [0.29, 0.717) is 29.1 Å². The molecule has 1 N–H and O–H groups in total. The maximum absolute atomic E-state index is 11.0. The lowest BCUT2D eigenvalue weighted by Crippen LogP contribution is -2.09. The van der Waals surface area contributed by atoms with Crippen LogP contribution in [0.1, 0.15) is 39.0 Å². The normalized spacial score (nSPS) is 11.9. The number of rotatable bonds is 12. The van der Waals surface area contributed by atoms with E-state index in [1.807, 2.05) is 83.4 Å². The van der Waals surface area contributed by atoms with E-state index in [2.05, 4.69) is 0 Å². The molecule has 5 nitrogen and oxygen atoms in total. The number of carboxylic acids is 1. The Bertz CT molecular complexity index is 1300. The Hall–Kier alpha value is -3.28. The molecule has 4 aromatic rings. The molecule has 3 aromatic carbocycles. The van der Waals surface area contributed by atoms with Gasteiger partial charge in [-0.1, -0.05) is 91.9 Å². The molecule has 1 heterocycles. The van der Waals surface area contributed by atoms with Gasteiger partial charge in [0, 0.05) is 21.2 Å². The van der Waals surface area contributed by atoms with Gasteiger partial charge in [-0.25, -0.2) is 0 Å². The van der Waals surface area contributed by atoms with Crippen LogP contribution in [0, 0.1) is 5.92 Å². The summed E-state index contributed by atoms with van der Waals surface area (Å²) < 4.78 is 8.32. The predicted octanol–water partition coefficient (Wildman–Crippen LogP) is 8.56. The SMILES string of the molecule is CC(CCCCCCOc1nc(-c2ccc(Cl)cc2)c(-c2ccc(Cl)cc2)n1-c1ccccc1)C(=O)O. The van der Waals surface area contributed by atoms with E-state index >= 15 is 0 Å². The first-order chi connectivity index (χ1) is 17.9. The standard InChI is InChI=1S/C30H30Cl2N2O3/c1-21(29(35)36)9-5-2-3-8-20-37-30-33-27(22-12-16-24(31)17-13-22)28(23-14-18-25(32)19-15-23)34(30)26-10-6-4-7-11-26/h4,6-7,10-19,21H,2-3,5,8-9,20H2,1H3,(H,35,36). The Balaban J connectivity index is 1.63. The highest BCUT2D eigenvalue weighted by atomic mass is 35.5. The molecule has 0 radical (unpaired) electrons. The highest BCUT2D eigenvalue weighted by Crippen LogP contribution is 2.38. The molecule has 1 atom stereocenters. The maximum Gasteiger partial charge on any atom is 0.306 e. The molecule has 0 saturated heterocycles. The number of aromatic nitrogens is 2. The number of halogens is 2. The number of para-hydroxylation sites is 1. The average Bonchev–Trinajstić information content (AvgIpc) is 3.28. The van der Waals surface area contributed by atoms with Gasteiger partial charge in [0.25, 0.3) is 0 Å². The number of benzene rings is 3. The molecule has 0 aliphatic rings. The topological polar surface area (TPSA) is 64.4 Å². The number of carboxylic acid groups (broad SMARTS) is 1. The first kappa shape index (κ1) is 26.8. The molecular formula is C30H30Cl2N2O3. The van der Waals surface area contributed by atoms with Crippen molar-refractivity contribution < 1.29 is 14.6 Å². The molecule has 0 bridgehead atoms. The van der Waals surface area contributed by atoms with Crippen LogP contribution in [0.25, 0.3) is 28.2 Å². The van der Waals surface area contributed by atoms with E-state index < -0.39 is 5.97 Å². The second-order valence-corrected chi connectivity index (χ2v) is 9.94. The average molecular weight is 537 g/mol. The fourth-order valence-electron chi connectivity index (χ4n) is 4.19. The number of ether oxygens (including phenoxy) is 1. The summed E-state index contributed by atoms with van der Waals surface area (Å²) in [5.41, 5.74) is 4.54. The highest BCUT2D eigenvalue weighted by Gasteiger charge is 2.22. The Morgan fingerprint density at radius 3 is 2.08 bits per heavy atom. The first-order valence-corrected chi connectivity index (χ1v) is 13.3. The van der Waals surface area contributed by atoms with E-state index in [-0.39, 0.29) is 5.92 Å². The van der Waals surface area contributed by atoms with Gasteiger partial charge >= 0.3 is 12.0 Å². The Morgan fingerprint density at radius 2 is 1.46 bits per heavy atom. The molecule has 0 aliphatic carbocycles. The van der Waals surface area contributed by atoms with Gasteiger partial charge in [-0.15, -0.1) is 0 Å². The summed E-state index contributed by atoms with van der Waals surface area (Å²) in [5.74, 6) is -1.03. The lowest BCUT2D eigenvalue weighted by Gasteiger charge is -2.14. The van der Waals surface area contributed by atoms with Crippen molar-refractivity contribution >= 4 is 29.2 Å². The van der Waals surface area contributed by atoms with Crippen LogP contribution in [0.4, 0.5) is 0 Å². The first-order valence-electron chi connectivity index (χ1n) is 12.5. The third-order valence-electron chi connectivity index (χ3n) is 6.28. The number of unbranched alkanes of at least 4 members (excludes halogenated alkanes) is 3. The largest absolute Gasteiger partial charge is 0.481 e. The quantitative estimate of drug-likeness (QED) is 0.184. The van der Waals surface area contributed by atoms with E-state index in [4.69, 9.17) is 38.0 Å². The van der Waals surface area contributed by atoms with Crippen LogP contribution in [0.2, 0.25) is 10.0 Å². The minimum Gasteiger partial charge on any atom is -0.481 e. The Kier molecular flexibility index (Phi) is 9.26. The van der Waals surface area contributed by atoms with Crippen LogP contribution in [-0.2, 0) is 4.79 Å². The minimum absolute atomic E-state index is 0.299. The summed E-state index contributed by atoms with van der Waals surface area (Å²) in [6.45, 7) is 2.27. The summed E-state index contributed by atoms with van der Waals surface area (Å²) in [6, 6.07) is 25.9. The van der Waals surface area contributed by atoms with Crippen molar-refractivity contribution in [3.63, 3.8) is 0 Å². The van der Waals surface area contributed by atoms with Crippen LogP contribution in [0.15, 0.2) is 78.9 Å². The maximum atomic E-state index is 11.0. The van der Waals surface area contributed by atoms with Crippen molar-refractivity contribution in [3.05, 3.63) is 88.9 Å². The third kappa shape index (κ3) is 6.94. The Labute approximate surface area is 227 Å². The molecular weight excluding hydrogens is 507 g/mol. The van der Waals surface area contributed by atoms with Gasteiger partial charge in [0.2, 0.25) is 0 Å². The van der Waals surface area contributed by atoms with Crippen LogP contribution < -0.4 is 4.74 Å². The summed E-state index contributed by atoms with van der Waals surface area (Å²) >= 11 is 12.4. The van der Waals surface area contributed by atoms with Crippen molar-refractivity contribution in [1.29, 1.82) is 0 Å². The summed E-state index contributed by atoms with van der Waals surface area (Å²) in [5, 5.41) is 10.4. The molecule has 0 fully saturated rings. The smallest absolute Gasteiger partial charge is 0.306 e. The van der Waals surface area contributed by atoms with Gasteiger partial charge in [-0.05, 0) is 49.2 Å². The van der Waals surface area contributed by atoms with Crippen LogP contribution >= 0.6 is 23.2 Å². The van der Waals surface area contributed by atoms with Crippen molar-refractivity contribution in [2.24, 2.45) is 5.92 Å². The molecule has 4 rings (SSSR count). The van der Waals surface area contributed by atoms with Gasteiger partial charge in [-0.3, -0.25) is 9.36 Å². The van der Waals surface area contributed by atoms with Gasteiger partial charge < -0.3 is 9.84 Å². The molecule has 1 unspecified atom stereocenters. The van der Waals surface area contributed by atoms with E-state index in [1.165, 1.54) is 0 Å². The zero-order valence-electron chi connectivity index (χ0n) is 20.7. The summed E-state index contributed by atoms with van der Waals surface area (Å²) in [7, 11) is 0. The zero-order chi connectivity index (χ0) is 26.2. The van der Waals surface area contributed by atoms with Gasteiger partial charge in [-0.2, -0.15) is 4.98 Å². The van der Waals surface area contributed by atoms with E-state index in [0.717, 1.165) is 53.9 Å². The Morgan fingerprint density at radius 1 is 0.865 bits per heavy atom. The molecule has 37 heavy (non-hydrogen) atoms. The predicted molar refractivity (Wildman–Crippen MR) is 150 cm³/mol. The van der Waals surface area contributed by atoms with Crippen LogP contribution in [0.3, 0.4) is 0 Å². The lowest BCUT2D eigenvalue weighted by molar-refractivity contribution is -0.141. The fourth-order valence-corrected chi connectivity index (χ4v) is 4.44. The summed E-state index contributed by atoms with van der Waals surface area (Å²) in [6.07, 6.45) is 4.39. The zero-order valence-corrected chi connectivity index (χ0v) is 22.3. The molecule has 1 aromatic heterocycles. The number of imidazole rings is 1. The monoisotopic (exact) mass is 536 g/mol. The van der Waals surface area contributed by atoms with E-state index in [1.54, 1.807) is 6.92 Å². The highest BCUT2D eigenvalue weighted by molar-refractivity contribution is 6.31. The molecule has 7 heteroatoms. The van der Waals surface area contributed by atoms with Crippen molar-refractivity contribution in [2.45, 2.75) is 39.0 Å². The number of hydrogen-bond acceptors (Lipinski definition) is 3. The molecule has 0 saturated carbocycles. The van der Waals surface area contributed by atoms with Gasteiger partial charge in [0.15, 0.2) is 0 Å². The molecule has 0 aliphatic heterocycles. The van der Waals surface area contributed by atoms with Crippen molar-refractivity contribution in [3.8, 4) is 34.2 Å². The molecule has 0 spiro atoms. The molecule has 192 valence electrons. The number of carbonyl (C=O) groups is 1.